The number of carbonyl (C=O) groups excluding carboxylic acids is 1. The zero-order chi connectivity index (χ0) is 31.1. The Labute approximate surface area is 255 Å². The number of piperidine rings is 1. The molecule has 1 saturated heterocycles. The van der Waals surface area contributed by atoms with Gasteiger partial charge in [0.15, 0.2) is 0 Å². The van der Waals surface area contributed by atoms with E-state index < -0.39 is 12.6 Å². The summed E-state index contributed by atoms with van der Waals surface area (Å²) in [6.07, 6.45) is -2.45. The van der Waals surface area contributed by atoms with Gasteiger partial charge in [-0.3, -0.25) is 4.79 Å². The maximum Gasteiger partial charge on any atom is 0.389 e. The summed E-state index contributed by atoms with van der Waals surface area (Å²) in [7, 11) is 1.81. The van der Waals surface area contributed by atoms with E-state index in [1.54, 1.807) is 24.1 Å². The minimum absolute atomic E-state index is 0.00165. The fourth-order valence-corrected chi connectivity index (χ4v) is 5.98. The highest BCUT2D eigenvalue weighted by molar-refractivity contribution is 5.94. The molecular formula is C34H39F4N5O. The molecule has 0 bridgehead atoms. The molecule has 44 heavy (non-hydrogen) atoms. The van der Waals surface area contributed by atoms with Gasteiger partial charge in [0.2, 0.25) is 5.95 Å². The highest BCUT2D eigenvalue weighted by Gasteiger charge is 2.27. The molecule has 0 spiro atoms. The molecule has 1 aliphatic heterocycles. The molecule has 1 aromatic heterocycles. The number of aromatic nitrogens is 2. The summed E-state index contributed by atoms with van der Waals surface area (Å²) >= 11 is 0. The third kappa shape index (κ3) is 8.37. The van der Waals surface area contributed by atoms with Crippen molar-refractivity contribution in [2.24, 2.45) is 0 Å². The second-order valence-electron chi connectivity index (χ2n) is 11.6. The van der Waals surface area contributed by atoms with Crippen molar-refractivity contribution in [1.29, 1.82) is 0 Å². The Hall–Kier alpha value is -3.92. The van der Waals surface area contributed by atoms with Crippen molar-refractivity contribution in [2.45, 2.75) is 56.8 Å². The van der Waals surface area contributed by atoms with Gasteiger partial charge < -0.3 is 19.7 Å². The van der Waals surface area contributed by atoms with Crippen LogP contribution in [-0.2, 0) is 6.54 Å². The van der Waals surface area contributed by atoms with Crippen molar-refractivity contribution in [3.63, 3.8) is 0 Å². The number of fused-ring (bicyclic) bond motifs is 1. The molecule has 10 heteroatoms. The number of alkyl halides is 3. The van der Waals surface area contributed by atoms with Gasteiger partial charge in [0.1, 0.15) is 5.82 Å². The van der Waals surface area contributed by atoms with Crippen LogP contribution in [0.2, 0.25) is 0 Å². The summed E-state index contributed by atoms with van der Waals surface area (Å²) < 4.78 is 54.0. The Morgan fingerprint density at radius 2 is 1.66 bits per heavy atom. The Kier molecular flexibility index (Phi) is 10.2. The second kappa shape index (κ2) is 14.2. The van der Waals surface area contributed by atoms with E-state index >= 15 is 0 Å². The number of likely N-dealkylation sites (N-methyl/N-ethyl adjacent to an activating group) is 1. The van der Waals surface area contributed by atoms with Gasteiger partial charge in [-0.25, -0.2) is 9.37 Å². The first-order chi connectivity index (χ1) is 21.2. The Morgan fingerprint density at radius 3 is 2.36 bits per heavy atom. The molecule has 234 valence electrons. The summed E-state index contributed by atoms with van der Waals surface area (Å²) in [5.74, 6) is 0.328. The molecule has 3 aromatic carbocycles. The molecule has 1 aliphatic rings. The van der Waals surface area contributed by atoms with E-state index in [9.17, 15) is 22.4 Å². The zero-order valence-corrected chi connectivity index (χ0v) is 24.9. The van der Waals surface area contributed by atoms with Crippen molar-refractivity contribution in [1.82, 2.24) is 19.4 Å². The first kappa shape index (κ1) is 31.5. The topological polar surface area (TPSA) is 53.4 Å². The number of hydrogen-bond donors (Lipinski definition) is 1. The number of halogens is 4. The van der Waals surface area contributed by atoms with Crippen molar-refractivity contribution < 1.29 is 22.4 Å². The Balaban J connectivity index is 1.18. The van der Waals surface area contributed by atoms with Crippen molar-refractivity contribution in [2.75, 3.05) is 38.5 Å². The van der Waals surface area contributed by atoms with Gasteiger partial charge in [0.05, 0.1) is 11.0 Å². The van der Waals surface area contributed by atoms with Gasteiger partial charge in [-0.05, 0) is 74.2 Å². The Bertz CT molecular complexity index is 1500. The molecule has 4 aromatic rings. The van der Waals surface area contributed by atoms with Crippen LogP contribution < -0.4 is 5.32 Å². The summed E-state index contributed by atoms with van der Waals surface area (Å²) in [6.45, 7) is 3.31. The monoisotopic (exact) mass is 609 g/mol. The lowest BCUT2D eigenvalue weighted by Gasteiger charge is -2.34. The predicted molar refractivity (Wildman–Crippen MR) is 165 cm³/mol. The number of hydrogen-bond acceptors (Lipinski definition) is 4. The molecule has 1 fully saturated rings. The summed E-state index contributed by atoms with van der Waals surface area (Å²) in [5, 5.41) is 3.52. The van der Waals surface area contributed by atoms with Gasteiger partial charge in [0, 0.05) is 57.2 Å². The first-order valence-electron chi connectivity index (χ1n) is 15.2. The predicted octanol–water partition coefficient (Wildman–Crippen LogP) is 7.34. The lowest BCUT2D eigenvalue weighted by molar-refractivity contribution is -0.135. The minimum Gasteiger partial charge on any atom is -0.353 e. The maximum atomic E-state index is 13.7. The highest BCUT2D eigenvalue weighted by atomic mass is 19.4. The SMILES string of the molecule is CN(CC(CCN1CCC(Nc2nc3ccccc3n2CCCC(F)(F)F)CC1)c1ccc(F)cc1)C(=O)c1ccccc1. The molecule has 1 unspecified atom stereocenters. The molecule has 1 amide bonds. The fourth-order valence-electron chi connectivity index (χ4n) is 5.98. The van der Waals surface area contributed by atoms with E-state index in [1.807, 2.05) is 59.2 Å². The number of benzene rings is 3. The van der Waals surface area contributed by atoms with Crippen LogP contribution in [0, 0.1) is 5.82 Å². The van der Waals surface area contributed by atoms with Crippen molar-refractivity contribution in [3.8, 4) is 0 Å². The average Bonchev–Trinajstić information content (AvgIpc) is 3.36. The summed E-state index contributed by atoms with van der Waals surface area (Å²) in [6, 6.07) is 23.4. The standard InChI is InChI=1S/C34H39F4N5O/c1-41(32(44)26-8-3-2-4-9-26)24-27(25-12-14-28(35)15-13-25)16-21-42-22-17-29(18-23-42)39-33-40-30-10-5-6-11-31(30)43(33)20-7-19-34(36,37)38/h2-6,8-15,27,29H,7,16-24H2,1H3,(H,39,40). The van der Waals surface area contributed by atoms with E-state index in [-0.39, 0.29) is 36.6 Å². The van der Waals surface area contributed by atoms with E-state index in [4.69, 9.17) is 4.98 Å². The van der Waals surface area contributed by atoms with Crippen molar-refractivity contribution in [3.05, 3.63) is 95.8 Å². The summed E-state index contributed by atoms with van der Waals surface area (Å²) in [4.78, 5) is 21.9. The lowest BCUT2D eigenvalue weighted by atomic mass is 9.94. The van der Waals surface area contributed by atoms with Crippen LogP contribution in [0.4, 0.5) is 23.5 Å². The zero-order valence-electron chi connectivity index (χ0n) is 24.9. The number of carbonyl (C=O) groups is 1. The van der Waals surface area contributed by atoms with Crippen LogP contribution in [0.1, 0.15) is 53.9 Å². The smallest absolute Gasteiger partial charge is 0.353 e. The first-order valence-corrected chi connectivity index (χ1v) is 15.2. The lowest BCUT2D eigenvalue weighted by Crippen LogP contribution is -2.40. The maximum absolute atomic E-state index is 13.7. The van der Waals surface area contributed by atoms with E-state index in [2.05, 4.69) is 10.2 Å². The minimum atomic E-state index is -4.18. The number of anilines is 1. The molecule has 0 saturated carbocycles. The average molecular weight is 610 g/mol. The number of imidazole rings is 1. The number of nitrogens with one attached hydrogen (secondary N) is 1. The van der Waals surface area contributed by atoms with E-state index in [0.717, 1.165) is 55.5 Å². The van der Waals surface area contributed by atoms with Crippen LogP contribution in [0.25, 0.3) is 11.0 Å². The fraction of sp³-hybridized carbons (Fsp3) is 0.412. The Morgan fingerprint density at radius 1 is 0.977 bits per heavy atom. The number of amides is 1. The molecule has 1 atom stereocenters. The third-order valence-electron chi connectivity index (χ3n) is 8.41. The molecule has 1 N–H and O–H groups in total. The molecule has 5 rings (SSSR count). The molecule has 2 heterocycles. The second-order valence-corrected chi connectivity index (χ2v) is 11.6. The van der Waals surface area contributed by atoms with Crippen LogP contribution in [-0.4, -0.2) is 70.7 Å². The van der Waals surface area contributed by atoms with E-state index in [1.165, 1.54) is 12.1 Å². The van der Waals surface area contributed by atoms with Gasteiger partial charge in [-0.2, -0.15) is 13.2 Å². The molecule has 0 aliphatic carbocycles. The largest absolute Gasteiger partial charge is 0.389 e. The molecule has 0 radical (unpaired) electrons. The number of para-hydroxylation sites is 2. The van der Waals surface area contributed by atoms with E-state index in [0.29, 0.717) is 18.1 Å². The quantitative estimate of drug-likeness (QED) is 0.171. The van der Waals surface area contributed by atoms with Gasteiger partial charge in [-0.15, -0.1) is 0 Å². The number of likely N-dealkylation sites (tertiary alicyclic amines) is 1. The number of aryl methyl sites for hydroxylation is 1. The molecular weight excluding hydrogens is 570 g/mol. The highest BCUT2D eigenvalue weighted by Crippen LogP contribution is 2.27. The van der Waals surface area contributed by atoms with Crippen LogP contribution in [0.3, 0.4) is 0 Å². The van der Waals surface area contributed by atoms with Gasteiger partial charge in [0.25, 0.3) is 5.91 Å². The third-order valence-corrected chi connectivity index (χ3v) is 8.41. The van der Waals surface area contributed by atoms with Crippen molar-refractivity contribution >= 4 is 22.9 Å². The van der Waals surface area contributed by atoms with Crippen LogP contribution >= 0.6 is 0 Å². The van der Waals surface area contributed by atoms with Gasteiger partial charge >= 0.3 is 6.18 Å². The van der Waals surface area contributed by atoms with Crippen LogP contribution in [0.15, 0.2) is 78.9 Å². The summed E-state index contributed by atoms with van der Waals surface area (Å²) in [5.41, 5.74) is 3.23. The molecule has 6 nitrogen and oxygen atoms in total. The van der Waals surface area contributed by atoms with Crippen LogP contribution in [0.5, 0.6) is 0 Å². The number of rotatable bonds is 12. The van der Waals surface area contributed by atoms with Gasteiger partial charge in [-0.1, -0.05) is 42.5 Å². The normalized spacial score (nSPS) is 15.4. The number of nitrogens with zero attached hydrogens (tertiary/aromatic N) is 4.